The molecule has 1 rings (SSSR count). The molecule has 1 aromatic rings. The number of aliphatic carboxylic acids is 1. The second-order valence-electron chi connectivity index (χ2n) is 7.04. The number of aryl methyl sites for hydroxylation is 1. The van der Waals surface area contributed by atoms with Gasteiger partial charge in [-0.25, -0.2) is 0 Å². The van der Waals surface area contributed by atoms with Gasteiger partial charge in [0.25, 0.3) is 0 Å². The van der Waals surface area contributed by atoms with Gasteiger partial charge in [0.05, 0.1) is 12.0 Å². The standard InChI is InChI=1S/C17H26O3/c1-12-7-8-14(13(11-12)16(2,3)4)20-10-9-17(5,6)15(18)19/h7-8,11H,9-10H2,1-6H3,(H,18,19). The zero-order valence-electron chi connectivity index (χ0n) is 13.4. The first-order chi connectivity index (χ1) is 9.04. The zero-order chi connectivity index (χ0) is 15.6. The van der Waals surface area contributed by atoms with Crippen molar-refractivity contribution < 1.29 is 14.6 Å². The Morgan fingerprint density at radius 3 is 2.30 bits per heavy atom. The summed E-state index contributed by atoms with van der Waals surface area (Å²) in [4.78, 5) is 11.1. The molecule has 1 N–H and O–H groups in total. The van der Waals surface area contributed by atoms with Crippen LogP contribution in [0.1, 0.15) is 52.2 Å². The van der Waals surface area contributed by atoms with E-state index in [1.54, 1.807) is 13.8 Å². The van der Waals surface area contributed by atoms with Crippen LogP contribution < -0.4 is 4.74 Å². The van der Waals surface area contributed by atoms with Crippen molar-refractivity contribution in [1.29, 1.82) is 0 Å². The van der Waals surface area contributed by atoms with E-state index in [0.29, 0.717) is 13.0 Å². The van der Waals surface area contributed by atoms with Gasteiger partial charge in [-0.3, -0.25) is 4.79 Å². The average Bonchev–Trinajstić information content (AvgIpc) is 2.29. The molecule has 20 heavy (non-hydrogen) atoms. The highest BCUT2D eigenvalue weighted by molar-refractivity contribution is 5.73. The van der Waals surface area contributed by atoms with Crippen LogP contribution in [0, 0.1) is 12.3 Å². The fraction of sp³-hybridized carbons (Fsp3) is 0.588. The normalized spacial score (nSPS) is 12.3. The second-order valence-corrected chi connectivity index (χ2v) is 7.04. The van der Waals surface area contributed by atoms with E-state index < -0.39 is 11.4 Å². The molecule has 0 aromatic heterocycles. The highest BCUT2D eigenvalue weighted by Crippen LogP contribution is 2.32. The molecular formula is C17H26O3. The Kier molecular flexibility index (Phi) is 4.85. The van der Waals surface area contributed by atoms with E-state index in [2.05, 4.69) is 33.8 Å². The molecule has 0 unspecified atom stereocenters. The largest absolute Gasteiger partial charge is 0.493 e. The Hall–Kier alpha value is -1.51. The lowest BCUT2D eigenvalue weighted by Gasteiger charge is -2.25. The minimum Gasteiger partial charge on any atom is -0.493 e. The lowest BCUT2D eigenvalue weighted by atomic mass is 9.85. The molecule has 0 fully saturated rings. The third kappa shape index (κ3) is 4.26. The van der Waals surface area contributed by atoms with Crippen molar-refractivity contribution in [2.24, 2.45) is 5.41 Å². The van der Waals surface area contributed by atoms with Crippen LogP contribution in [-0.2, 0) is 10.2 Å². The fourth-order valence-corrected chi connectivity index (χ4v) is 1.88. The number of carbonyl (C=O) groups is 1. The van der Waals surface area contributed by atoms with E-state index in [9.17, 15) is 4.79 Å². The molecule has 3 heteroatoms. The number of carboxylic acid groups (broad SMARTS) is 1. The predicted octanol–water partition coefficient (Wildman–Crippen LogP) is 4.17. The van der Waals surface area contributed by atoms with Crippen molar-refractivity contribution in [3.8, 4) is 5.75 Å². The minimum absolute atomic E-state index is 0.00364. The van der Waals surface area contributed by atoms with E-state index in [1.807, 2.05) is 12.1 Å². The van der Waals surface area contributed by atoms with E-state index in [0.717, 1.165) is 11.3 Å². The number of hydrogen-bond donors (Lipinski definition) is 1. The SMILES string of the molecule is Cc1ccc(OCCC(C)(C)C(=O)O)c(C(C)(C)C)c1. The van der Waals surface area contributed by atoms with Gasteiger partial charge < -0.3 is 9.84 Å². The molecule has 0 bridgehead atoms. The van der Waals surface area contributed by atoms with Crippen LogP contribution in [0.4, 0.5) is 0 Å². The maximum absolute atomic E-state index is 11.1. The number of benzene rings is 1. The van der Waals surface area contributed by atoms with Gasteiger partial charge in [-0.15, -0.1) is 0 Å². The van der Waals surface area contributed by atoms with Crippen molar-refractivity contribution in [2.45, 2.75) is 53.4 Å². The Bertz CT molecular complexity index is 481. The number of hydrogen-bond acceptors (Lipinski definition) is 2. The quantitative estimate of drug-likeness (QED) is 0.879. The first-order valence-electron chi connectivity index (χ1n) is 7.01. The molecule has 112 valence electrons. The highest BCUT2D eigenvalue weighted by atomic mass is 16.5. The summed E-state index contributed by atoms with van der Waals surface area (Å²) in [6.07, 6.45) is 0.486. The van der Waals surface area contributed by atoms with Gasteiger partial charge in [0.15, 0.2) is 0 Å². The third-order valence-corrected chi connectivity index (χ3v) is 3.51. The first kappa shape index (κ1) is 16.5. The number of carboxylic acids is 1. The summed E-state index contributed by atoms with van der Waals surface area (Å²) in [5.41, 5.74) is 1.61. The van der Waals surface area contributed by atoms with Crippen LogP contribution in [0.2, 0.25) is 0 Å². The summed E-state index contributed by atoms with van der Waals surface area (Å²) in [5.74, 6) is 0.0605. The van der Waals surface area contributed by atoms with Crippen molar-refractivity contribution in [2.75, 3.05) is 6.61 Å². The summed E-state index contributed by atoms with van der Waals surface area (Å²) in [7, 11) is 0. The molecule has 0 atom stereocenters. The molecule has 0 amide bonds. The first-order valence-corrected chi connectivity index (χ1v) is 7.01. The zero-order valence-corrected chi connectivity index (χ0v) is 13.4. The topological polar surface area (TPSA) is 46.5 Å². The van der Waals surface area contributed by atoms with Crippen LogP contribution >= 0.6 is 0 Å². The Morgan fingerprint density at radius 1 is 1.20 bits per heavy atom. The average molecular weight is 278 g/mol. The van der Waals surface area contributed by atoms with Crippen molar-refractivity contribution in [3.63, 3.8) is 0 Å². The summed E-state index contributed by atoms with van der Waals surface area (Å²) in [6.45, 7) is 12.4. The Labute approximate surface area is 122 Å². The maximum atomic E-state index is 11.1. The van der Waals surface area contributed by atoms with E-state index in [1.165, 1.54) is 5.56 Å². The van der Waals surface area contributed by atoms with E-state index >= 15 is 0 Å². The number of ether oxygens (including phenoxy) is 1. The molecule has 0 saturated heterocycles. The van der Waals surface area contributed by atoms with Gasteiger partial charge in [0.2, 0.25) is 0 Å². The Balaban J connectivity index is 2.82. The summed E-state index contributed by atoms with van der Waals surface area (Å²) in [6, 6.07) is 6.13. The summed E-state index contributed by atoms with van der Waals surface area (Å²) in [5, 5.41) is 9.10. The van der Waals surface area contributed by atoms with Crippen LogP contribution in [0.3, 0.4) is 0 Å². The monoisotopic (exact) mass is 278 g/mol. The van der Waals surface area contributed by atoms with Gasteiger partial charge in [-0.1, -0.05) is 38.5 Å². The lowest BCUT2D eigenvalue weighted by Crippen LogP contribution is -2.26. The van der Waals surface area contributed by atoms with Gasteiger partial charge in [0.1, 0.15) is 5.75 Å². The molecular weight excluding hydrogens is 252 g/mol. The highest BCUT2D eigenvalue weighted by Gasteiger charge is 2.27. The summed E-state index contributed by atoms with van der Waals surface area (Å²) < 4.78 is 5.84. The maximum Gasteiger partial charge on any atom is 0.309 e. The van der Waals surface area contributed by atoms with Crippen LogP contribution in [0.5, 0.6) is 5.75 Å². The fourth-order valence-electron chi connectivity index (χ4n) is 1.88. The third-order valence-electron chi connectivity index (χ3n) is 3.51. The molecule has 0 heterocycles. The predicted molar refractivity (Wildman–Crippen MR) is 81.4 cm³/mol. The van der Waals surface area contributed by atoms with Gasteiger partial charge in [0, 0.05) is 0 Å². The molecule has 0 aliphatic heterocycles. The minimum atomic E-state index is -0.791. The molecule has 0 aliphatic carbocycles. The van der Waals surface area contributed by atoms with Crippen LogP contribution in [0.15, 0.2) is 18.2 Å². The molecule has 3 nitrogen and oxygen atoms in total. The molecule has 0 spiro atoms. The van der Waals surface area contributed by atoms with Gasteiger partial charge in [-0.05, 0) is 44.2 Å². The molecule has 0 saturated carbocycles. The van der Waals surface area contributed by atoms with E-state index in [-0.39, 0.29) is 5.41 Å². The van der Waals surface area contributed by atoms with Crippen molar-refractivity contribution >= 4 is 5.97 Å². The summed E-state index contributed by atoms with van der Waals surface area (Å²) >= 11 is 0. The van der Waals surface area contributed by atoms with Gasteiger partial charge in [-0.2, -0.15) is 0 Å². The molecule has 0 radical (unpaired) electrons. The van der Waals surface area contributed by atoms with Crippen LogP contribution in [0.25, 0.3) is 0 Å². The smallest absolute Gasteiger partial charge is 0.309 e. The lowest BCUT2D eigenvalue weighted by molar-refractivity contribution is -0.147. The number of rotatable bonds is 5. The second kappa shape index (κ2) is 5.86. The van der Waals surface area contributed by atoms with Gasteiger partial charge >= 0.3 is 5.97 Å². The van der Waals surface area contributed by atoms with Crippen molar-refractivity contribution in [1.82, 2.24) is 0 Å². The van der Waals surface area contributed by atoms with Crippen LogP contribution in [-0.4, -0.2) is 17.7 Å². The molecule has 1 aromatic carbocycles. The van der Waals surface area contributed by atoms with E-state index in [4.69, 9.17) is 9.84 Å². The molecule has 0 aliphatic rings. The van der Waals surface area contributed by atoms with Crippen molar-refractivity contribution in [3.05, 3.63) is 29.3 Å². The Morgan fingerprint density at radius 2 is 1.80 bits per heavy atom.